The fourth-order valence-corrected chi connectivity index (χ4v) is 1.91. The summed E-state index contributed by atoms with van der Waals surface area (Å²) in [5.74, 6) is -0.847. The minimum atomic E-state index is -0.687. The van der Waals surface area contributed by atoms with E-state index >= 15 is 0 Å². The van der Waals surface area contributed by atoms with Gasteiger partial charge in [-0.25, -0.2) is 13.8 Å². The Hall–Kier alpha value is -2.04. The van der Waals surface area contributed by atoms with Crippen LogP contribution < -0.4 is 5.56 Å². The first-order valence-corrected chi connectivity index (χ1v) is 6.07. The number of aryl methyl sites for hydroxylation is 1. The van der Waals surface area contributed by atoms with Gasteiger partial charge in [-0.05, 0) is 25.5 Å². The molecule has 0 amide bonds. The average Bonchev–Trinajstić information content (AvgIpc) is 2.32. The number of nitrogens with one attached hydrogen (secondary N) is 1. The highest BCUT2D eigenvalue weighted by molar-refractivity contribution is 5.62. The van der Waals surface area contributed by atoms with E-state index in [1.165, 1.54) is 12.1 Å². The zero-order valence-electron chi connectivity index (χ0n) is 10.8. The van der Waals surface area contributed by atoms with Gasteiger partial charge in [0.1, 0.15) is 17.5 Å². The molecule has 0 saturated carbocycles. The maximum absolute atomic E-state index is 13.2. The summed E-state index contributed by atoms with van der Waals surface area (Å²) < 4.78 is 26.5. The topological polar surface area (TPSA) is 45.8 Å². The number of nitrogens with zero attached hydrogens (tertiary/aromatic N) is 1. The molecule has 0 aliphatic heterocycles. The summed E-state index contributed by atoms with van der Waals surface area (Å²) in [5.41, 5.74) is 0.673. The van der Waals surface area contributed by atoms with Gasteiger partial charge in [-0.1, -0.05) is 6.92 Å². The van der Waals surface area contributed by atoms with Crippen molar-refractivity contribution in [2.45, 2.75) is 26.7 Å². The number of aromatic nitrogens is 2. The molecule has 2 aromatic rings. The van der Waals surface area contributed by atoms with Crippen molar-refractivity contribution in [3.05, 3.63) is 51.6 Å². The minimum Gasteiger partial charge on any atom is -0.310 e. The molecule has 19 heavy (non-hydrogen) atoms. The lowest BCUT2D eigenvalue weighted by molar-refractivity contribution is 0.584. The summed E-state index contributed by atoms with van der Waals surface area (Å²) in [6.07, 6.45) is 1.43. The molecule has 0 radical (unpaired) electrons. The summed E-state index contributed by atoms with van der Waals surface area (Å²) in [5, 5.41) is 0. The van der Waals surface area contributed by atoms with Crippen molar-refractivity contribution in [3.8, 4) is 11.3 Å². The second kappa shape index (κ2) is 5.30. The molecule has 1 N–H and O–H groups in total. The average molecular weight is 264 g/mol. The molecule has 1 heterocycles. The van der Waals surface area contributed by atoms with Gasteiger partial charge in [0.2, 0.25) is 0 Å². The van der Waals surface area contributed by atoms with Crippen molar-refractivity contribution in [1.82, 2.24) is 9.97 Å². The summed E-state index contributed by atoms with van der Waals surface area (Å²) in [6, 6.07) is 3.14. The van der Waals surface area contributed by atoms with E-state index in [-0.39, 0.29) is 11.1 Å². The number of aromatic amines is 1. The zero-order chi connectivity index (χ0) is 14.0. The highest BCUT2D eigenvalue weighted by atomic mass is 19.1. The highest BCUT2D eigenvalue weighted by Crippen LogP contribution is 2.21. The largest absolute Gasteiger partial charge is 0.310 e. The Kier molecular flexibility index (Phi) is 3.74. The van der Waals surface area contributed by atoms with Crippen LogP contribution in [0.15, 0.2) is 23.0 Å². The predicted molar refractivity (Wildman–Crippen MR) is 68.9 cm³/mol. The number of hydrogen-bond donors (Lipinski definition) is 1. The van der Waals surface area contributed by atoms with Crippen LogP contribution in [0.4, 0.5) is 8.78 Å². The lowest BCUT2D eigenvalue weighted by atomic mass is 10.1. The van der Waals surface area contributed by atoms with Gasteiger partial charge in [0, 0.05) is 23.6 Å². The van der Waals surface area contributed by atoms with Crippen LogP contribution in [0.5, 0.6) is 0 Å². The maximum atomic E-state index is 13.2. The molecule has 0 fully saturated rings. The van der Waals surface area contributed by atoms with Gasteiger partial charge in [-0.2, -0.15) is 0 Å². The van der Waals surface area contributed by atoms with E-state index in [1.54, 1.807) is 6.92 Å². The molecule has 5 heteroatoms. The van der Waals surface area contributed by atoms with Crippen molar-refractivity contribution >= 4 is 0 Å². The SMILES string of the molecule is CCCc1nc(-c2cc(F)cc(F)c2)c(C)c(=O)[nH]1. The molecule has 0 saturated heterocycles. The number of rotatable bonds is 3. The first-order valence-electron chi connectivity index (χ1n) is 6.07. The Morgan fingerprint density at radius 2 is 1.84 bits per heavy atom. The molecule has 2 rings (SSSR count). The van der Waals surface area contributed by atoms with Gasteiger partial charge in [-0.3, -0.25) is 4.79 Å². The van der Waals surface area contributed by atoms with Crippen LogP contribution in [-0.4, -0.2) is 9.97 Å². The first kappa shape index (κ1) is 13.4. The van der Waals surface area contributed by atoms with Gasteiger partial charge in [-0.15, -0.1) is 0 Å². The normalized spacial score (nSPS) is 10.7. The van der Waals surface area contributed by atoms with Crippen molar-refractivity contribution in [2.75, 3.05) is 0 Å². The van der Waals surface area contributed by atoms with Gasteiger partial charge in [0.15, 0.2) is 0 Å². The summed E-state index contributed by atoms with van der Waals surface area (Å²) in [6.45, 7) is 3.54. The molecule has 0 aliphatic rings. The van der Waals surface area contributed by atoms with Crippen LogP contribution in [-0.2, 0) is 6.42 Å². The van der Waals surface area contributed by atoms with E-state index in [1.807, 2.05) is 6.92 Å². The summed E-state index contributed by atoms with van der Waals surface area (Å²) in [4.78, 5) is 18.7. The minimum absolute atomic E-state index is 0.276. The molecule has 1 aromatic carbocycles. The van der Waals surface area contributed by atoms with Crippen molar-refractivity contribution in [2.24, 2.45) is 0 Å². The smallest absolute Gasteiger partial charge is 0.254 e. The second-order valence-corrected chi connectivity index (χ2v) is 4.39. The zero-order valence-corrected chi connectivity index (χ0v) is 10.8. The highest BCUT2D eigenvalue weighted by Gasteiger charge is 2.11. The number of H-pyrrole nitrogens is 1. The third kappa shape index (κ3) is 2.86. The van der Waals surface area contributed by atoms with Gasteiger partial charge < -0.3 is 4.98 Å². The Bertz CT molecular complexity index is 645. The monoisotopic (exact) mass is 264 g/mol. The number of benzene rings is 1. The van der Waals surface area contributed by atoms with Crippen LogP contribution in [0.1, 0.15) is 24.7 Å². The lowest BCUT2D eigenvalue weighted by Crippen LogP contribution is -2.16. The quantitative estimate of drug-likeness (QED) is 0.926. The molecule has 0 atom stereocenters. The first-order chi connectivity index (χ1) is 9.01. The Balaban J connectivity index is 2.63. The molecule has 0 aliphatic carbocycles. The molecule has 0 spiro atoms. The van der Waals surface area contributed by atoms with Crippen LogP contribution >= 0.6 is 0 Å². The third-order valence-electron chi connectivity index (χ3n) is 2.82. The Morgan fingerprint density at radius 3 is 2.42 bits per heavy atom. The molecule has 0 unspecified atom stereocenters. The summed E-state index contributed by atoms with van der Waals surface area (Å²) >= 11 is 0. The van der Waals surface area contributed by atoms with Crippen LogP contribution in [0.2, 0.25) is 0 Å². The van der Waals surface area contributed by atoms with Gasteiger partial charge in [0.25, 0.3) is 5.56 Å². The van der Waals surface area contributed by atoms with Crippen molar-refractivity contribution < 1.29 is 8.78 Å². The Morgan fingerprint density at radius 1 is 1.21 bits per heavy atom. The molecule has 100 valence electrons. The second-order valence-electron chi connectivity index (χ2n) is 4.39. The maximum Gasteiger partial charge on any atom is 0.254 e. The number of halogens is 2. The van der Waals surface area contributed by atoms with E-state index in [4.69, 9.17) is 0 Å². The lowest BCUT2D eigenvalue weighted by Gasteiger charge is -2.07. The van der Waals surface area contributed by atoms with E-state index in [9.17, 15) is 13.6 Å². The molecule has 1 aromatic heterocycles. The number of hydrogen-bond acceptors (Lipinski definition) is 2. The van der Waals surface area contributed by atoms with Crippen LogP contribution in [0.25, 0.3) is 11.3 Å². The molecule has 3 nitrogen and oxygen atoms in total. The third-order valence-corrected chi connectivity index (χ3v) is 2.82. The molecular weight excluding hydrogens is 250 g/mol. The summed E-state index contributed by atoms with van der Waals surface area (Å²) in [7, 11) is 0. The molecule has 0 bridgehead atoms. The van der Waals surface area contributed by atoms with Crippen molar-refractivity contribution in [1.29, 1.82) is 0 Å². The van der Waals surface area contributed by atoms with Crippen LogP contribution in [0, 0.1) is 18.6 Å². The fraction of sp³-hybridized carbons (Fsp3) is 0.286. The van der Waals surface area contributed by atoms with E-state index < -0.39 is 11.6 Å². The van der Waals surface area contributed by atoms with Gasteiger partial charge in [0.05, 0.1) is 5.69 Å². The van der Waals surface area contributed by atoms with E-state index in [0.29, 0.717) is 23.5 Å². The van der Waals surface area contributed by atoms with Crippen molar-refractivity contribution in [3.63, 3.8) is 0 Å². The predicted octanol–water partition coefficient (Wildman–Crippen LogP) is 2.98. The van der Waals surface area contributed by atoms with E-state index in [2.05, 4.69) is 9.97 Å². The van der Waals surface area contributed by atoms with Gasteiger partial charge >= 0.3 is 0 Å². The Labute approximate surface area is 109 Å². The van der Waals surface area contributed by atoms with E-state index in [0.717, 1.165) is 12.5 Å². The van der Waals surface area contributed by atoms with Crippen LogP contribution in [0.3, 0.4) is 0 Å². The molecular formula is C14H14F2N2O. The standard InChI is InChI=1S/C14H14F2N2O/c1-3-4-12-17-13(8(2)14(19)18-12)9-5-10(15)7-11(16)6-9/h5-7H,3-4H2,1-2H3,(H,17,18,19). The fourth-order valence-electron chi connectivity index (χ4n) is 1.91.